The van der Waals surface area contributed by atoms with Crippen molar-refractivity contribution in [3.05, 3.63) is 23.0 Å². The molecule has 0 unspecified atom stereocenters. The van der Waals surface area contributed by atoms with Crippen molar-refractivity contribution in [2.45, 2.75) is 96.8 Å². The largest absolute Gasteiger partial charge is 0.473 e. The van der Waals surface area contributed by atoms with Crippen LogP contribution in [0.2, 0.25) is 0 Å². The van der Waals surface area contributed by atoms with Gasteiger partial charge >= 0.3 is 0 Å². The molecule has 1 saturated carbocycles. The first-order valence-corrected chi connectivity index (χ1v) is 12.5. The predicted octanol–water partition coefficient (Wildman–Crippen LogP) is 5.88. The second kappa shape index (κ2) is 11.2. The van der Waals surface area contributed by atoms with Crippen LogP contribution in [0.4, 0.5) is 18.9 Å². The van der Waals surface area contributed by atoms with Gasteiger partial charge in [0.1, 0.15) is 0 Å². The lowest BCUT2D eigenvalue weighted by Gasteiger charge is -2.40. The van der Waals surface area contributed by atoms with Gasteiger partial charge in [-0.25, -0.2) is 13.2 Å². The van der Waals surface area contributed by atoms with Crippen molar-refractivity contribution in [2.24, 2.45) is 0 Å². The number of unbranched alkanes of at least 4 members (excludes halogenated alkanes) is 1. The van der Waals surface area contributed by atoms with E-state index in [-0.39, 0.29) is 24.3 Å². The van der Waals surface area contributed by atoms with Gasteiger partial charge in [0, 0.05) is 32.3 Å². The third-order valence-electron chi connectivity index (χ3n) is 6.84. The molecule has 0 radical (unpaired) electrons. The first-order chi connectivity index (χ1) is 16.5. The average Bonchev–Trinajstić information content (AvgIpc) is 2.79. The van der Waals surface area contributed by atoms with Crippen LogP contribution in [0.3, 0.4) is 0 Å². The highest BCUT2D eigenvalue weighted by molar-refractivity contribution is 6.05. The second-order valence-corrected chi connectivity index (χ2v) is 10.2. The molecule has 0 atom stereocenters. The van der Waals surface area contributed by atoms with E-state index in [1.807, 2.05) is 13.8 Å². The van der Waals surface area contributed by atoms with Crippen LogP contribution in [0.25, 0.3) is 0 Å². The van der Waals surface area contributed by atoms with Crippen LogP contribution in [0, 0.1) is 5.82 Å². The number of anilines is 1. The van der Waals surface area contributed by atoms with Gasteiger partial charge in [0.15, 0.2) is 17.2 Å². The molecule has 1 aromatic carbocycles. The number of carbonyl (C=O) groups excluding carboxylic acids is 2. The normalized spacial score (nSPS) is 18.1. The first-order valence-electron chi connectivity index (χ1n) is 12.5. The molecule has 0 aromatic heterocycles. The molecule has 2 aliphatic rings. The molecule has 1 aliphatic heterocycles. The topological polar surface area (TPSA) is 59.1 Å². The number of hydrogen-bond acceptors (Lipinski definition) is 4. The Morgan fingerprint density at radius 1 is 1.23 bits per heavy atom. The van der Waals surface area contributed by atoms with Gasteiger partial charge in [-0.2, -0.15) is 0 Å². The Labute approximate surface area is 205 Å². The number of rotatable bonds is 9. The van der Waals surface area contributed by atoms with Gasteiger partial charge in [0.2, 0.25) is 0 Å². The minimum Gasteiger partial charge on any atom is -0.473 e. The summed E-state index contributed by atoms with van der Waals surface area (Å²) in [6.45, 7) is 7.33. The van der Waals surface area contributed by atoms with Gasteiger partial charge in [-0.15, -0.1) is 0 Å². The summed E-state index contributed by atoms with van der Waals surface area (Å²) in [5.74, 6) is -2.75. The zero-order chi connectivity index (χ0) is 25.9. The van der Waals surface area contributed by atoms with Crippen LogP contribution in [-0.2, 0) is 9.53 Å². The van der Waals surface area contributed by atoms with Crippen LogP contribution >= 0.6 is 0 Å². The first kappa shape index (κ1) is 27.3. The number of nitrogens with zero attached hydrogens (tertiary/aromatic N) is 2. The number of amides is 2. The number of halogens is 3. The van der Waals surface area contributed by atoms with Crippen LogP contribution in [0.15, 0.2) is 6.07 Å². The fraction of sp³-hybridized carbons (Fsp3) is 0.692. The molecule has 1 aromatic rings. The Morgan fingerprint density at radius 2 is 1.89 bits per heavy atom. The molecule has 1 heterocycles. The summed E-state index contributed by atoms with van der Waals surface area (Å²) in [6.07, 6.45) is 2.52. The lowest BCUT2D eigenvalue weighted by molar-refractivity contribution is -0.132. The summed E-state index contributed by atoms with van der Waals surface area (Å²) < 4.78 is 54.8. The molecule has 196 valence electrons. The molecule has 0 saturated heterocycles. The van der Waals surface area contributed by atoms with E-state index in [1.165, 1.54) is 24.8 Å². The van der Waals surface area contributed by atoms with E-state index < -0.39 is 46.5 Å². The van der Waals surface area contributed by atoms with E-state index >= 15 is 4.39 Å². The highest BCUT2D eigenvalue weighted by atomic mass is 19.3. The van der Waals surface area contributed by atoms with E-state index in [1.54, 1.807) is 12.0 Å². The van der Waals surface area contributed by atoms with Crippen molar-refractivity contribution in [1.29, 1.82) is 0 Å². The highest BCUT2D eigenvalue weighted by Crippen LogP contribution is 2.45. The standard InChI is InChI=1S/C26H37F3N2O4/c1-16(2)31(17-11-7-6-8-12-17)24(32)18-15-19-22(21(27)20(18)23(28)29)35-26(3,4)25(33)30(19)13-9-10-14-34-5/h15-17,23H,6-14H2,1-5H3. The zero-order valence-corrected chi connectivity index (χ0v) is 21.3. The van der Waals surface area contributed by atoms with E-state index in [0.717, 1.165) is 32.1 Å². The summed E-state index contributed by atoms with van der Waals surface area (Å²) in [6, 6.07) is 0.879. The van der Waals surface area contributed by atoms with Gasteiger partial charge in [-0.05, 0) is 59.4 Å². The molecule has 35 heavy (non-hydrogen) atoms. The van der Waals surface area contributed by atoms with E-state index in [0.29, 0.717) is 19.4 Å². The zero-order valence-electron chi connectivity index (χ0n) is 21.3. The van der Waals surface area contributed by atoms with Crippen LogP contribution in [0.5, 0.6) is 5.75 Å². The van der Waals surface area contributed by atoms with Gasteiger partial charge in [-0.1, -0.05) is 19.3 Å². The molecule has 1 fully saturated rings. The van der Waals surface area contributed by atoms with E-state index in [9.17, 15) is 18.4 Å². The maximum Gasteiger partial charge on any atom is 0.270 e. The van der Waals surface area contributed by atoms with Crippen molar-refractivity contribution in [1.82, 2.24) is 4.90 Å². The Morgan fingerprint density at radius 3 is 2.46 bits per heavy atom. The summed E-state index contributed by atoms with van der Waals surface area (Å²) in [4.78, 5) is 29.9. The molecular weight excluding hydrogens is 461 g/mol. The number of ether oxygens (including phenoxy) is 2. The lowest BCUT2D eigenvalue weighted by atomic mass is 9.92. The smallest absolute Gasteiger partial charge is 0.270 e. The quantitative estimate of drug-likeness (QED) is 0.399. The molecular formula is C26H37F3N2O4. The van der Waals surface area contributed by atoms with Gasteiger partial charge in [0.05, 0.1) is 16.8 Å². The summed E-state index contributed by atoms with van der Waals surface area (Å²) >= 11 is 0. The maximum absolute atomic E-state index is 15.7. The minimum absolute atomic E-state index is 0.0179. The van der Waals surface area contributed by atoms with Gasteiger partial charge < -0.3 is 19.3 Å². The molecule has 3 rings (SSSR count). The molecule has 0 spiro atoms. The minimum atomic E-state index is -3.22. The molecule has 2 amide bonds. The van der Waals surface area contributed by atoms with Crippen molar-refractivity contribution in [3.63, 3.8) is 0 Å². The van der Waals surface area contributed by atoms with Crippen LogP contribution in [-0.4, -0.2) is 54.7 Å². The average molecular weight is 499 g/mol. The molecule has 9 heteroatoms. The van der Waals surface area contributed by atoms with Crippen LogP contribution in [0.1, 0.15) is 95.0 Å². The molecule has 1 aliphatic carbocycles. The maximum atomic E-state index is 15.7. The van der Waals surface area contributed by atoms with Crippen LogP contribution < -0.4 is 9.64 Å². The number of fused-ring (bicyclic) bond motifs is 1. The Bertz CT molecular complexity index is 930. The number of benzene rings is 1. The third-order valence-corrected chi connectivity index (χ3v) is 6.84. The molecule has 0 N–H and O–H groups in total. The Kier molecular flexibility index (Phi) is 8.72. The summed E-state index contributed by atoms with van der Waals surface area (Å²) in [5.41, 5.74) is -2.80. The van der Waals surface area contributed by atoms with E-state index in [4.69, 9.17) is 9.47 Å². The fourth-order valence-electron chi connectivity index (χ4n) is 5.11. The monoisotopic (exact) mass is 498 g/mol. The summed E-state index contributed by atoms with van der Waals surface area (Å²) in [5, 5.41) is 0. The third kappa shape index (κ3) is 5.60. The van der Waals surface area contributed by atoms with Crippen molar-refractivity contribution in [3.8, 4) is 5.75 Å². The number of carbonyl (C=O) groups is 2. The van der Waals surface area contributed by atoms with Gasteiger partial charge in [-0.3, -0.25) is 9.59 Å². The van der Waals surface area contributed by atoms with Gasteiger partial charge in [0.25, 0.3) is 18.2 Å². The van der Waals surface area contributed by atoms with E-state index in [2.05, 4.69) is 0 Å². The van der Waals surface area contributed by atoms with Crippen molar-refractivity contribution >= 4 is 17.5 Å². The number of alkyl halides is 2. The predicted molar refractivity (Wildman–Crippen MR) is 128 cm³/mol. The molecule has 0 bridgehead atoms. The highest BCUT2D eigenvalue weighted by Gasteiger charge is 2.45. The summed E-state index contributed by atoms with van der Waals surface area (Å²) in [7, 11) is 1.57. The number of hydrogen-bond donors (Lipinski definition) is 0. The fourth-order valence-corrected chi connectivity index (χ4v) is 5.11. The lowest BCUT2D eigenvalue weighted by Crippen LogP contribution is -2.53. The van der Waals surface area contributed by atoms with Crippen molar-refractivity contribution in [2.75, 3.05) is 25.2 Å². The Hall–Kier alpha value is -2.29. The Balaban J connectivity index is 2.12. The second-order valence-electron chi connectivity index (χ2n) is 10.2. The SMILES string of the molecule is COCCCCN1C(=O)C(C)(C)Oc2c1cc(C(=O)N(C(C)C)C1CCCCC1)c(C(F)F)c2F. The molecule has 6 nitrogen and oxygen atoms in total. The number of methoxy groups -OCH3 is 1. The van der Waals surface area contributed by atoms with Crippen molar-refractivity contribution < 1.29 is 32.2 Å².